The molecule has 2 unspecified atom stereocenters. The van der Waals surface area contributed by atoms with Crippen LogP contribution >= 0.6 is 0 Å². The first-order chi connectivity index (χ1) is 15.1. The maximum absolute atomic E-state index is 12.8. The van der Waals surface area contributed by atoms with E-state index in [0.29, 0.717) is 25.1 Å². The number of nitrogens with one attached hydrogen (secondary N) is 2. The van der Waals surface area contributed by atoms with E-state index in [-0.39, 0.29) is 24.1 Å². The maximum Gasteiger partial charge on any atom is 0.270 e. The number of aliphatic hydroxyl groups is 1. The number of amides is 2. The SMILES string of the molecule is O=C(NC(CO)Cc1ccccc1)c1cc2c(cn1)CC1(C2)C(=O)Nc2ncccc21. The van der Waals surface area contributed by atoms with Gasteiger partial charge >= 0.3 is 0 Å². The van der Waals surface area contributed by atoms with Crippen molar-refractivity contribution < 1.29 is 14.7 Å². The highest BCUT2D eigenvalue weighted by Gasteiger charge is 2.51. The third-order valence-electron chi connectivity index (χ3n) is 6.17. The minimum atomic E-state index is -0.691. The third kappa shape index (κ3) is 3.37. The molecule has 31 heavy (non-hydrogen) atoms. The van der Waals surface area contributed by atoms with Crippen molar-refractivity contribution in [2.24, 2.45) is 0 Å². The first kappa shape index (κ1) is 19.4. The summed E-state index contributed by atoms with van der Waals surface area (Å²) in [6.07, 6.45) is 4.92. The number of anilines is 1. The van der Waals surface area contributed by atoms with Crippen LogP contribution in [0, 0.1) is 0 Å². The number of carbonyl (C=O) groups is 2. The molecule has 1 aromatic carbocycles. The van der Waals surface area contributed by atoms with Crippen molar-refractivity contribution in [3.8, 4) is 0 Å². The Morgan fingerprint density at radius 1 is 1.13 bits per heavy atom. The Labute approximate surface area is 179 Å². The molecule has 7 nitrogen and oxygen atoms in total. The molecular weight excluding hydrogens is 392 g/mol. The highest BCUT2D eigenvalue weighted by Crippen LogP contribution is 2.46. The van der Waals surface area contributed by atoms with Gasteiger partial charge < -0.3 is 15.7 Å². The van der Waals surface area contributed by atoms with Crippen LogP contribution in [0.3, 0.4) is 0 Å². The zero-order valence-electron chi connectivity index (χ0n) is 16.8. The minimum absolute atomic E-state index is 0.0633. The van der Waals surface area contributed by atoms with E-state index in [1.54, 1.807) is 18.5 Å². The predicted octanol–water partition coefficient (Wildman–Crippen LogP) is 1.80. The van der Waals surface area contributed by atoms with Gasteiger partial charge in [0.1, 0.15) is 11.5 Å². The van der Waals surface area contributed by atoms with Gasteiger partial charge in [-0.1, -0.05) is 36.4 Å². The summed E-state index contributed by atoms with van der Waals surface area (Å²) < 4.78 is 0. The summed E-state index contributed by atoms with van der Waals surface area (Å²) in [7, 11) is 0. The number of pyridine rings is 2. The fraction of sp³-hybridized carbons (Fsp3) is 0.250. The number of aromatic nitrogens is 2. The largest absolute Gasteiger partial charge is 0.394 e. The molecule has 1 spiro atoms. The average Bonchev–Trinajstić information content (AvgIpc) is 3.31. The Balaban J connectivity index is 1.35. The van der Waals surface area contributed by atoms with Gasteiger partial charge in [0.25, 0.3) is 5.91 Å². The molecule has 2 amide bonds. The lowest BCUT2D eigenvalue weighted by atomic mass is 9.79. The lowest BCUT2D eigenvalue weighted by Crippen LogP contribution is -2.39. The quantitative estimate of drug-likeness (QED) is 0.591. The molecule has 2 atom stereocenters. The molecule has 0 radical (unpaired) electrons. The first-order valence-corrected chi connectivity index (χ1v) is 10.3. The zero-order valence-corrected chi connectivity index (χ0v) is 16.8. The Morgan fingerprint density at radius 3 is 2.74 bits per heavy atom. The van der Waals surface area contributed by atoms with Crippen molar-refractivity contribution >= 4 is 17.6 Å². The van der Waals surface area contributed by atoms with Crippen LogP contribution in [0.25, 0.3) is 0 Å². The molecule has 1 aliphatic heterocycles. The second kappa shape index (κ2) is 7.59. The Hall–Kier alpha value is -3.58. The van der Waals surface area contributed by atoms with Crippen LogP contribution in [0.15, 0.2) is 60.9 Å². The molecular formula is C24H22N4O3. The third-order valence-corrected chi connectivity index (χ3v) is 6.17. The van der Waals surface area contributed by atoms with Crippen LogP contribution in [0.2, 0.25) is 0 Å². The molecule has 0 saturated heterocycles. The van der Waals surface area contributed by atoms with Crippen LogP contribution in [0.1, 0.15) is 32.7 Å². The van der Waals surface area contributed by atoms with E-state index < -0.39 is 11.5 Å². The predicted molar refractivity (Wildman–Crippen MR) is 115 cm³/mol. The lowest BCUT2D eigenvalue weighted by molar-refractivity contribution is -0.120. The van der Waals surface area contributed by atoms with Crippen molar-refractivity contribution in [3.05, 3.63) is 88.9 Å². The van der Waals surface area contributed by atoms with E-state index in [0.717, 1.165) is 22.3 Å². The first-order valence-electron chi connectivity index (χ1n) is 10.3. The lowest BCUT2D eigenvalue weighted by Gasteiger charge is -2.20. The molecule has 2 aromatic heterocycles. The van der Waals surface area contributed by atoms with Gasteiger partial charge in [0, 0.05) is 18.0 Å². The van der Waals surface area contributed by atoms with E-state index in [1.807, 2.05) is 42.5 Å². The monoisotopic (exact) mass is 414 g/mol. The maximum atomic E-state index is 12.8. The summed E-state index contributed by atoms with van der Waals surface area (Å²) in [5.74, 6) is 0.209. The van der Waals surface area contributed by atoms with Crippen molar-refractivity contribution in [3.63, 3.8) is 0 Å². The normalized spacial score (nSPS) is 19.6. The van der Waals surface area contributed by atoms with E-state index in [2.05, 4.69) is 20.6 Å². The summed E-state index contributed by atoms with van der Waals surface area (Å²) in [4.78, 5) is 34.2. The van der Waals surface area contributed by atoms with Gasteiger partial charge in [-0.15, -0.1) is 0 Å². The highest BCUT2D eigenvalue weighted by molar-refractivity contribution is 6.06. The topological polar surface area (TPSA) is 104 Å². The summed E-state index contributed by atoms with van der Waals surface area (Å²) in [6, 6.07) is 14.8. The fourth-order valence-electron chi connectivity index (χ4n) is 4.60. The van der Waals surface area contributed by atoms with E-state index in [4.69, 9.17) is 0 Å². The number of aliphatic hydroxyl groups excluding tert-OH is 1. The van der Waals surface area contributed by atoms with Gasteiger partial charge in [0.2, 0.25) is 5.91 Å². The molecule has 0 bridgehead atoms. The highest BCUT2D eigenvalue weighted by atomic mass is 16.3. The van der Waals surface area contributed by atoms with Crippen LogP contribution in [0.4, 0.5) is 5.82 Å². The Morgan fingerprint density at radius 2 is 1.94 bits per heavy atom. The van der Waals surface area contributed by atoms with Gasteiger partial charge in [-0.05, 0) is 48.1 Å². The summed E-state index contributed by atoms with van der Waals surface area (Å²) in [6.45, 7) is -0.168. The van der Waals surface area contributed by atoms with Crippen LogP contribution in [-0.2, 0) is 29.5 Å². The molecule has 3 aromatic rings. The van der Waals surface area contributed by atoms with Crippen LogP contribution in [0.5, 0.6) is 0 Å². The number of hydrogen-bond donors (Lipinski definition) is 3. The number of benzene rings is 1. The van der Waals surface area contributed by atoms with Crippen molar-refractivity contribution in [1.82, 2.24) is 15.3 Å². The second-order valence-corrected chi connectivity index (χ2v) is 8.17. The van der Waals surface area contributed by atoms with E-state index in [9.17, 15) is 14.7 Å². The Kier molecular flexibility index (Phi) is 4.75. The van der Waals surface area contributed by atoms with Crippen molar-refractivity contribution in [1.29, 1.82) is 0 Å². The van der Waals surface area contributed by atoms with Crippen molar-refractivity contribution in [2.75, 3.05) is 11.9 Å². The molecule has 0 saturated carbocycles. The van der Waals surface area contributed by atoms with Gasteiger partial charge in [-0.25, -0.2) is 4.98 Å². The molecule has 0 fully saturated rings. The molecule has 1 aliphatic carbocycles. The fourth-order valence-corrected chi connectivity index (χ4v) is 4.60. The number of carbonyl (C=O) groups excluding carboxylic acids is 2. The molecule has 156 valence electrons. The smallest absolute Gasteiger partial charge is 0.270 e. The van der Waals surface area contributed by atoms with Crippen LogP contribution in [-0.4, -0.2) is 39.5 Å². The molecule has 3 heterocycles. The van der Waals surface area contributed by atoms with Gasteiger partial charge in [0.15, 0.2) is 0 Å². The van der Waals surface area contributed by atoms with E-state index in [1.165, 1.54) is 0 Å². The molecule has 3 N–H and O–H groups in total. The number of nitrogens with zero attached hydrogens (tertiary/aromatic N) is 2. The van der Waals surface area contributed by atoms with Crippen LogP contribution < -0.4 is 10.6 Å². The van der Waals surface area contributed by atoms with Gasteiger partial charge in [-0.2, -0.15) is 0 Å². The zero-order chi connectivity index (χ0) is 21.4. The number of hydrogen-bond acceptors (Lipinski definition) is 5. The Bertz CT molecular complexity index is 1160. The van der Waals surface area contributed by atoms with E-state index >= 15 is 0 Å². The average molecular weight is 414 g/mol. The summed E-state index contributed by atoms with van der Waals surface area (Å²) >= 11 is 0. The molecule has 7 heteroatoms. The number of fused-ring (bicyclic) bond motifs is 3. The standard InChI is InChI=1S/C24H22N4O3/c29-14-18(9-15-5-2-1-3-6-15)27-22(30)20-10-16-11-24(12-17(16)13-26-20)19-7-4-8-25-21(19)28-23(24)31/h1-8,10,13,18,29H,9,11-12,14H2,(H,27,30)(H,25,28,31). The van der Waals surface area contributed by atoms with Crippen molar-refractivity contribution in [2.45, 2.75) is 30.7 Å². The molecule has 5 rings (SSSR count). The summed E-state index contributed by atoms with van der Waals surface area (Å²) in [5, 5.41) is 15.5. The summed E-state index contributed by atoms with van der Waals surface area (Å²) in [5.41, 5.74) is 3.42. The number of rotatable bonds is 5. The second-order valence-electron chi connectivity index (χ2n) is 8.17. The minimum Gasteiger partial charge on any atom is -0.394 e. The molecule has 2 aliphatic rings. The van der Waals surface area contributed by atoms with Gasteiger partial charge in [0.05, 0.1) is 18.1 Å². The van der Waals surface area contributed by atoms with Gasteiger partial charge in [-0.3, -0.25) is 14.6 Å².